The van der Waals surface area contributed by atoms with Gasteiger partial charge in [-0.15, -0.1) is 0 Å². The second kappa shape index (κ2) is 11.1. The Balaban J connectivity index is 2.07. The van der Waals surface area contributed by atoms with Crippen molar-refractivity contribution in [2.24, 2.45) is 0 Å². The molecule has 0 radical (unpaired) electrons. The van der Waals surface area contributed by atoms with Crippen molar-refractivity contribution in [1.29, 1.82) is 0 Å². The fourth-order valence-corrected chi connectivity index (χ4v) is 2.48. The van der Waals surface area contributed by atoms with Crippen LogP contribution in [0.1, 0.15) is 52.0 Å². The van der Waals surface area contributed by atoms with Crippen LogP contribution < -0.4 is 10.1 Å². The largest absolute Gasteiger partial charge is 0.494 e. The van der Waals surface area contributed by atoms with E-state index in [4.69, 9.17) is 13.7 Å². The minimum atomic E-state index is -3.43. The van der Waals surface area contributed by atoms with E-state index in [-0.39, 0.29) is 12.7 Å². The summed E-state index contributed by atoms with van der Waals surface area (Å²) in [6.07, 6.45) is 4.48. The lowest BCUT2D eigenvalue weighted by atomic mass is 10.2. The molecule has 0 unspecified atom stereocenters. The van der Waals surface area contributed by atoms with Gasteiger partial charge in [0.1, 0.15) is 11.4 Å². The van der Waals surface area contributed by atoms with E-state index < -0.39 is 15.7 Å². The van der Waals surface area contributed by atoms with Gasteiger partial charge in [-0.05, 0) is 51.3 Å². The summed E-state index contributed by atoms with van der Waals surface area (Å²) >= 11 is 0. The van der Waals surface area contributed by atoms with Crippen LogP contribution in [-0.4, -0.2) is 39.5 Å². The molecule has 0 saturated heterocycles. The van der Waals surface area contributed by atoms with E-state index in [2.05, 4.69) is 5.32 Å². The smallest absolute Gasteiger partial charge is 0.407 e. The molecule has 0 heterocycles. The Hall–Kier alpha value is -1.80. The average Bonchev–Trinajstić information content (AvgIpc) is 2.54. The highest BCUT2D eigenvalue weighted by Gasteiger charge is 2.15. The lowest BCUT2D eigenvalue weighted by molar-refractivity contribution is 0.0527. The Bertz CT molecular complexity index is 664. The van der Waals surface area contributed by atoms with Gasteiger partial charge in [-0.1, -0.05) is 25.0 Å². The molecule has 1 rings (SSSR count). The molecule has 0 spiro atoms. The van der Waals surface area contributed by atoms with Crippen molar-refractivity contribution >= 4 is 16.2 Å². The van der Waals surface area contributed by atoms with Gasteiger partial charge in [-0.25, -0.2) is 4.79 Å². The first-order valence-corrected chi connectivity index (χ1v) is 10.9. The van der Waals surface area contributed by atoms with Crippen LogP contribution in [-0.2, 0) is 25.6 Å². The average molecular weight is 402 g/mol. The first-order valence-electron chi connectivity index (χ1n) is 9.08. The first-order chi connectivity index (χ1) is 12.6. The Morgan fingerprint density at radius 1 is 1.04 bits per heavy atom. The summed E-state index contributed by atoms with van der Waals surface area (Å²) in [5.41, 5.74) is 0.297. The zero-order valence-corrected chi connectivity index (χ0v) is 17.4. The van der Waals surface area contributed by atoms with E-state index in [9.17, 15) is 13.2 Å². The van der Waals surface area contributed by atoms with E-state index in [1.165, 1.54) is 0 Å². The molecule has 0 saturated carbocycles. The van der Waals surface area contributed by atoms with Crippen molar-refractivity contribution in [1.82, 2.24) is 5.32 Å². The van der Waals surface area contributed by atoms with Crippen molar-refractivity contribution in [3.8, 4) is 5.75 Å². The second-order valence-corrected chi connectivity index (χ2v) is 8.95. The standard InChI is InChI=1S/C19H31NO6S/c1-19(2,3)26-18(21)20-13-7-5-6-8-14-24-17-11-9-16(10-12-17)15-25-27(4,22)23/h9-12H,5-8,13-15H2,1-4H3,(H,20,21). The molecule has 7 nitrogen and oxygen atoms in total. The van der Waals surface area contributed by atoms with Crippen LogP contribution >= 0.6 is 0 Å². The highest BCUT2D eigenvalue weighted by molar-refractivity contribution is 7.85. The van der Waals surface area contributed by atoms with Crippen LogP contribution in [0, 0.1) is 0 Å². The molecule has 1 N–H and O–H groups in total. The molecule has 0 aliphatic carbocycles. The maximum Gasteiger partial charge on any atom is 0.407 e. The summed E-state index contributed by atoms with van der Waals surface area (Å²) in [6.45, 7) is 6.75. The minimum absolute atomic E-state index is 0.0243. The zero-order valence-electron chi connectivity index (χ0n) is 16.6. The summed E-state index contributed by atoms with van der Waals surface area (Å²) in [5.74, 6) is 0.740. The Kier molecular flexibility index (Phi) is 9.59. The number of carbonyl (C=O) groups excluding carboxylic acids is 1. The van der Waals surface area contributed by atoms with Crippen LogP contribution in [0.5, 0.6) is 5.75 Å². The number of ether oxygens (including phenoxy) is 2. The molecule has 154 valence electrons. The molecule has 0 aliphatic rings. The number of hydrogen-bond donors (Lipinski definition) is 1. The third-order valence-electron chi connectivity index (χ3n) is 3.37. The fraction of sp³-hybridized carbons (Fsp3) is 0.632. The van der Waals surface area contributed by atoms with E-state index in [0.717, 1.165) is 43.3 Å². The third-order valence-corrected chi connectivity index (χ3v) is 3.92. The summed E-state index contributed by atoms with van der Waals surface area (Å²) in [4.78, 5) is 11.5. The predicted octanol–water partition coefficient (Wildman–Crippen LogP) is 3.63. The highest BCUT2D eigenvalue weighted by atomic mass is 32.2. The number of benzene rings is 1. The molecule has 1 aromatic rings. The molecule has 1 amide bonds. The normalized spacial score (nSPS) is 11.9. The molecule has 0 atom stereocenters. The molecule has 8 heteroatoms. The lowest BCUT2D eigenvalue weighted by Crippen LogP contribution is -2.32. The number of alkyl carbamates (subject to hydrolysis) is 1. The number of nitrogens with one attached hydrogen (secondary N) is 1. The van der Waals surface area contributed by atoms with Gasteiger partial charge in [0.25, 0.3) is 10.1 Å². The van der Waals surface area contributed by atoms with Gasteiger partial charge >= 0.3 is 6.09 Å². The summed E-state index contributed by atoms with van der Waals surface area (Å²) in [5, 5.41) is 2.74. The van der Waals surface area contributed by atoms with E-state index in [1.54, 1.807) is 24.3 Å². The number of unbranched alkanes of at least 4 members (excludes halogenated alkanes) is 3. The monoisotopic (exact) mass is 401 g/mol. The van der Waals surface area contributed by atoms with Crippen LogP contribution in [0.3, 0.4) is 0 Å². The Labute approximate surface area is 162 Å². The highest BCUT2D eigenvalue weighted by Crippen LogP contribution is 2.14. The van der Waals surface area contributed by atoms with Gasteiger partial charge in [0.15, 0.2) is 0 Å². The summed E-state index contributed by atoms with van der Waals surface area (Å²) < 4.78 is 37.5. The van der Waals surface area contributed by atoms with Gasteiger partial charge in [-0.3, -0.25) is 4.18 Å². The first kappa shape index (κ1) is 23.2. The fourth-order valence-electron chi connectivity index (χ4n) is 2.13. The summed E-state index contributed by atoms with van der Waals surface area (Å²) in [7, 11) is -3.43. The maximum absolute atomic E-state index is 11.5. The number of amides is 1. The lowest BCUT2D eigenvalue weighted by Gasteiger charge is -2.19. The topological polar surface area (TPSA) is 90.9 Å². The van der Waals surface area contributed by atoms with E-state index in [1.807, 2.05) is 20.8 Å². The van der Waals surface area contributed by atoms with Crippen molar-refractivity contribution in [3.63, 3.8) is 0 Å². The molecular formula is C19H31NO6S. The van der Waals surface area contributed by atoms with Crippen molar-refractivity contribution in [2.75, 3.05) is 19.4 Å². The van der Waals surface area contributed by atoms with Crippen LogP contribution in [0.4, 0.5) is 4.79 Å². The molecule has 0 fully saturated rings. The number of carbonyl (C=O) groups is 1. The van der Waals surface area contributed by atoms with E-state index >= 15 is 0 Å². The molecule has 0 bridgehead atoms. The van der Waals surface area contributed by atoms with Crippen molar-refractivity contribution < 1.29 is 26.9 Å². The van der Waals surface area contributed by atoms with Crippen LogP contribution in [0.2, 0.25) is 0 Å². The number of rotatable bonds is 11. The molecule has 27 heavy (non-hydrogen) atoms. The SMILES string of the molecule is CC(C)(C)OC(=O)NCCCCCCOc1ccc(COS(C)(=O)=O)cc1. The summed E-state index contributed by atoms with van der Waals surface area (Å²) in [6, 6.07) is 7.16. The van der Waals surface area contributed by atoms with Gasteiger partial charge in [0.05, 0.1) is 19.5 Å². The van der Waals surface area contributed by atoms with Crippen LogP contribution in [0.15, 0.2) is 24.3 Å². The molecular weight excluding hydrogens is 370 g/mol. The second-order valence-electron chi connectivity index (χ2n) is 7.30. The molecule has 0 aliphatic heterocycles. The van der Waals surface area contributed by atoms with Crippen molar-refractivity contribution in [3.05, 3.63) is 29.8 Å². The third kappa shape index (κ3) is 13.1. The van der Waals surface area contributed by atoms with Crippen molar-refractivity contribution in [2.45, 2.75) is 58.7 Å². The number of hydrogen-bond acceptors (Lipinski definition) is 6. The Morgan fingerprint density at radius 2 is 1.67 bits per heavy atom. The quantitative estimate of drug-likeness (QED) is 0.450. The Morgan fingerprint density at radius 3 is 2.26 bits per heavy atom. The zero-order chi connectivity index (χ0) is 20.3. The molecule has 1 aromatic carbocycles. The van der Waals surface area contributed by atoms with Crippen LogP contribution in [0.25, 0.3) is 0 Å². The van der Waals surface area contributed by atoms with Gasteiger partial charge in [0.2, 0.25) is 0 Å². The predicted molar refractivity (Wildman–Crippen MR) is 104 cm³/mol. The van der Waals surface area contributed by atoms with Gasteiger partial charge < -0.3 is 14.8 Å². The van der Waals surface area contributed by atoms with E-state index in [0.29, 0.717) is 13.2 Å². The molecule has 0 aromatic heterocycles. The maximum atomic E-state index is 11.5. The van der Waals surface area contributed by atoms with Gasteiger partial charge in [-0.2, -0.15) is 8.42 Å². The minimum Gasteiger partial charge on any atom is -0.494 e. The van der Waals surface area contributed by atoms with Gasteiger partial charge in [0, 0.05) is 6.54 Å².